The van der Waals surface area contributed by atoms with E-state index in [1.165, 1.54) is 6.07 Å². The molecule has 0 heterocycles. The third-order valence-corrected chi connectivity index (χ3v) is 2.04. The van der Waals surface area contributed by atoms with Gasteiger partial charge in [0.25, 0.3) is 0 Å². The van der Waals surface area contributed by atoms with Crippen LogP contribution in [-0.4, -0.2) is 26.1 Å². The molecule has 0 aliphatic carbocycles. The molecule has 1 aromatic carbocycles. The Morgan fingerprint density at radius 2 is 1.95 bits per heavy atom. The van der Waals surface area contributed by atoms with Crippen LogP contribution in [-0.2, 0) is 4.74 Å². The molecule has 1 aromatic rings. The van der Waals surface area contributed by atoms with Crippen LogP contribution in [0, 0.1) is 11.3 Å². The SMILES string of the molecule is COC(=O)c1cc(OC(F)F)cc(OC(F)(F)F)c1C#N. The molecule has 0 N–H and O–H groups in total. The van der Waals surface area contributed by atoms with E-state index < -0.39 is 41.6 Å². The van der Waals surface area contributed by atoms with Crippen molar-refractivity contribution in [3.63, 3.8) is 0 Å². The van der Waals surface area contributed by atoms with E-state index in [9.17, 15) is 26.7 Å². The normalized spacial score (nSPS) is 11.0. The van der Waals surface area contributed by atoms with Crippen LogP contribution in [0.5, 0.6) is 11.5 Å². The molecular weight excluding hydrogens is 305 g/mol. The van der Waals surface area contributed by atoms with Crippen molar-refractivity contribution in [2.24, 2.45) is 0 Å². The maximum atomic E-state index is 12.2. The number of hydrogen-bond donors (Lipinski definition) is 0. The largest absolute Gasteiger partial charge is 0.573 e. The number of ether oxygens (including phenoxy) is 3. The summed E-state index contributed by atoms with van der Waals surface area (Å²) in [7, 11) is 0.897. The number of nitriles is 1. The summed E-state index contributed by atoms with van der Waals surface area (Å²) < 4.78 is 72.6. The lowest BCUT2D eigenvalue weighted by atomic mass is 10.1. The first-order chi connectivity index (χ1) is 9.67. The molecule has 0 spiro atoms. The Hall–Kier alpha value is -2.57. The number of nitrogens with zero attached hydrogens (tertiary/aromatic N) is 1. The van der Waals surface area contributed by atoms with Crippen molar-refractivity contribution in [3.05, 3.63) is 23.3 Å². The average Bonchev–Trinajstić information content (AvgIpc) is 2.34. The fourth-order valence-electron chi connectivity index (χ4n) is 1.35. The number of benzene rings is 1. The van der Waals surface area contributed by atoms with Crippen molar-refractivity contribution in [1.82, 2.24) is 0 Å². The molecular formula is C11H6F5NO4. The first-order valence-corrected chi connectivity index (χ1v) is 5.05. The zero-order valence-electron chi connectivity index (χ0n) is 10.2. The third-order valence-electron chi connectivity index (χ3n) is 2.04. The lowest BCUT2D eigenvalue weighted by Crippen LogP contribution is -2.19. The molecule has 0 unspecified atom stereocenters. The number of halogens is 5. The monoisotopic (exact) mass is 311 g/mol. The molecule has 0 bridgehead atoms. The predicted octanol–water partition coefficient (Wildman–Crippen LogP) is 2.84. The van der Waals surface area contributed by atoms with Gasteiger partial charge in [0, 0.05) is 6.07 Å². The van der Waals surface area contributed by atoms with E-state index in [0.717, 1.165) is 7.11 Å². The van der Waals surface area contributed by atoms with Crippen LogP contribution in [0.2, 0.25) is 0 Å². The molecule has 0 aliphatic rings. The van der Waals surface area contributed by atoms with Crippen LogP contribution in [0.3, 0.4) is 0 Å². The summed E-state index contributed by atoms with van der Waals surface area (Å²) in [6, 6.07) is 2.39. The van der Waals surface area contributed by atoms with Gasteiger partial charge < -0.3 is 14.2 Å². The second kappa shape index (κ2) is 6.25. The quantitative estimate of drug-likeness (QED) is 0.632. The molecule has 5 nitrogen and oxygen atoms in total. The van der Waals surface area contributed by atoms with Gasteiger partial charge >= 0.3 is 18.9 Å². The average molecular weight is 311 g/mol. The van der Waals surface area contributed by atoms with Gasteiger partial charge in [0.2, 0.25) is 0 Å². The highest BCUT2D eigenvalue weighted by Crippen LogP contribution is 2.33. The van der Waals surface area contributed by atoms with Crippen molar-refractivity contribution in [3.8, 4) is 17.6 Å². The van der Waals surface area contributed by atoms with Gasteiger partial charge in [0.1, 0.15) is 17.4 Å². The standard InChI is InChI=1S/C11H6F5NO4/c1-19-9(18)6-2-5(20-10(12)13)3-8(7(6)4-17)21-11(14,15)16/h2-3,10H,1H3. The molecule has 0 amide bonds. The zero-order chi connectivity index (χ0) is 16.2. The third kappa shape index (κ3) is 4.48. The molecule has 0 atom stereocenters. The summed E-state index contributed by atoms with van der Waals surface area (Å²) in [5.41, 5.74) is -1.52. The highest BCUT2D eigenvalue weighted by atomic mass is 19.4. The Labute approximate surface area is 114 Å². The molecule has 21 heavy (non-hydrogen) atoms. The number of rotatable bonds is 4. The van der Waals surface area contributed by atoms with Crippen LogP contribution < -0.4 is 9.47 Å². The van der Waals surface area contributed by atoms with Crippen molar-refractivity contribution in [2.75, 3.05) is 7.11 Å². The molecule has 0 radical (unpaired) electrons. The van der Waals surface area contributed by atoms with Crippen molar-refractivity contribution >= 4 is 5.97 Å². The second-order valence-electron chi connectivity index (χ2n) is 3.37. The van der Waals surface area contributed by atoms with Crippen LogP contribution >= 0.6 is 0 Å². The van der Waals surface area contributed by atoms with E-state index in [1.54, 1.807) is 0 Å². The van der Waals surface area contributed by atoms with E-state index in [0.29, 0.717) is 12.1 Å². The van der Waals surface area contributed by atoms with Crippen LogP contribution in [0.25, 0.3) is 0 Å². The van der Waals surface area contributed by atoms with Crippen LogP contribution in [0.1, 0.15) is 15.9 Å². The summed E-state index contributed by atoms with van der Waals surface area (Å²) in [6.07, 6.45) is -5.19. The summed E-state index contributed by atoms with van der Waals surface area (Å²) in [5.74, 6) is -3.15. The molecule has 10 heteroatoms. The number of carbonyl (C=O) groups excluding carboxylic acids is 1. The molecule has 0 fully saturated rings. The topological polar surface area (TPSA) is 68.6 Å². The fourth-order valence-corrected chi connectivity index (χ4v) is 1.35. The van der Waals surface area contributed by atoms with E-state index in [2.05, 4.69) is 14.2 Å². The van der Waals surface area contributed by atoms with Gasteiger partial charge in [0.05, 0.1) is 12.7 Å². The Balaban J connectivity index is 3.44. The zero-order valence-corrected chi connectivity index (χ0v) is 10.2. The summed E-state index contributed by atoms with van der Waals surface area (Å²) in [6.45, 7) is -3.35. The van der Waals surface area contributed by atoms with E-state index in [4.69, 9.17) is 5.26 Å². The predicted molar refractivity (Wildman–Crippen MR) is 55.8 cm³/mol. The van der Waals surface area contributed by atoms with E-state index >= 15 is 0 Å². The minimum Gasteiger partial charge on any atom is -0.465 e. The van der Waals surface area contributed by atoms with Gasteiger partial charge in [-0.1, -0.05) is 0 Å². The van der Waals surface area contributed by atoms with Gasteiger partial charge in [-0.2, -0.15) is 14.0 Å². The second-order valence-corrected chi connectivity index (χ2v) is 3.37. The maximum absolute atomic E-state index is 12.2. The Morgan fingerprint density at radius 1 is 1.33 bits per heavy atom. The van der Waals surface area contributed by atoms with Gasteiger partial charge in [-0.3, -0.25) is 0 Å². The molecule has 0 aromatic heterocycles. The molecule has 114 valence electrons. The summed E-state index contributed by atoms with van der Waals surface area (Å²) in [4.78, 5) is 11.4. The highest BCUT2D eigenvalue weighted by Gasteiger charge is 2.34. The number of alkyl halides is 5. The molecule has 1 rings (SSSR count). The van der Waals surface area contributed by atoms with Gasteiger partial charge in [-0.25, -0.2) is 4.79 Å². The lowest BCUT2D eigenvalue weighted by molar-refractivity contribution is -0.274. The number of hydrogen-bond acceptors (Lipinski definition) is 5. The van der Waals surface area contributed by atoms with E-state index in [-0.39, 0.29) is 0 Å². The van der Waals surface area contributed by atoms with Gasteiger partial charge in [-0.05, 0) is 6.07 Å². The fraction of sp³-hybridized carbons (Fsp3) is 0.273. The number of methoxy groups -OCH3 is 1. The first kappa shape index (κ1) is 16.5. The van der Waals surface area contributed by atoms with Crippen molar-refractivity contribution < 1.29 is 41.0 Å². The minimum absolute atomic E-state index is 0.421. The van der Waals surface area contributed by atoms with Crippen LogP contribution in [0.15, 0.2) is 12.1 Å². The molecule has 0 aliphatic heterocycles. The van der Waals surface area contributed by atoms with Gasteiger partial charge in [-0.15, -0.1) is 13.2 Å². The van der Waals surface area contributed by atoms with E-state index in [1.807, 2.05) is 0 Å². The number of esters is 1. The summed E-state index contributed by atoms with van der Waals surface area (Å²) in [5, 5.41) is 8.82. The Kier molecular flexibility index (Phi) is 4.91. The minimum atomic E-state index is -5.19. The first-order valence-electron chi connectivity index (χ1n) is 5.05. The maximum Gasteiger partial charge on any atom is 0.573 e. The molecule has 0 saturated carbocycles. The Morgan fingerprint density at radius 3 is 2.38 bits per heavy atom. The smallest absolute Gasteiger partial charge is 0.465 e. The Bertz CT molecular complexity index is 579. The number of carbonyl (C=O) groups is 1. The van der Waals surface area contributed by atoms with Crippen molar-refractivity contribution in [1.29, 1.82) is 5.26 Å². The van der Waals surface area contributed by atoms with Gasteiger partial charge in [0.15, 0.2) is 5.75 Å². The highest BCUT2D eigenvalue weighted by molar-refractivity contribution is 5.93. The van der Waals surface area contributed by atoms with Crippen molar-refractivity contribution in [2.45, 2.75) is 13.0 Å². The summed E-state index contributed by atoms with van der Waals surface area (Å²) >= 11 is 0. The molecule has 0 saturated heterocycles. The lowest BCUT2D eigenvalue weighted by Gasteiger charge is -2.14. The van der Waals surface area contributed by atoms with Crippen LogP contribution in [0.4, 0.5) is 22.0 Å².